The highest BCUT2D eigenvalue weighted by Crippen LogP contribution is 2.24. The summed E-state index contributed by atoms with van der Waals surface area (Å²) in [4.78, 5) is 4.51. The summed E-state index contributed by atoms with van der Waals surface area (Å²) in [6, 6.07) is 8.17. The molecule has 5 nitrogen and oxygen atoms in total. The Morgan fingerprint density at radius 3 is 2.33 bits per heavy atom. The zero-order valence-corrected chi connectivity index (χ0v) is 19.9. The van der Waals surface area contributed by atoms with Gasteiger partial charge in [-0.05, 0) is 42.7 Å². The second-order valence-corrected chi connectivity index (χ2v) is 7.59. The normalized spacial score (nSPS) is 13.0. The summed E-state index contributed by atoms with van der Waals surface area (Å²) in [5, 5.41) is 17.0. The van der Waals surface area contributed by atoms with Crippen LogP contribution in [0.5, 0.6) is 0 Å². The van der Waals surface area contributed by atoms with E-state index < -0.39 is 6.10 Å². The van der Waals surface area contributed by atoms with Crippen LogP contribution in [0.15, 0.2) is 29.3 Å². The number of rotatable bonds is 10. The number of hydrogen-bond acceptors (Lipinski definition) is 3. The van der Waals surface area contributed by atoms with E-state index in [2.05, 4.69) is 48.5 Å². The maximum absolute atomic E-state index is 10.4. The van der Waals surface area contributed by atoms with Gasteiger partial charge in [-0.3, -0.25) is 4.99 Å². The van der Waals surface area contributed by atoms with Crippen molar-refractivity contribution < 1.29 is 9.84 Å². The summed E-state index contributed by atoms with van der Waals surface area (Å²) in [7, 11) is 1.73. The molecule has 0 amide bonds. The number of benzene rings is 1. The van der Waals surface area contributed by atoms with Crippen molar-refractivity contribution >= 4 is 29.9 Å². The van der Waals surface area contributed by atoms with Crippen LogP contribution < -0.4 is 10.6 Å². The van der Waals surface area contributed by atoms with E-state index in [1.54, 1.807) is 7.11 Å². The van der Waals surface area contributed by atoms with Gasteiger partial charge < -0.3 is 20.5 Å². The third kappa shape index (κ3) is 10.9. The first-order valence-corrected chi connectivity index (χ1v) is 9.68. The Morgan fingerprint density at radius 2 is 1.78 bits per heavy atom. The Kier molecular flexibility index (Phi) is 13.7. The van der Waals surface area contributed by atoms with E-state index in [0.29, 0.717) is 6.54 Å². The number of methoxy groups -OCH3 is 1. The van der Waals surface area contributed by atoms with Gasteiger partial charge in [0.1, 0.15) is 0 Å². The molecule has 0 aliphatic heterocycles. The van der Waals surface area contributed by atoms with E-state index in [4.69, 9.17) is 4.74 Å². The van der Waals surface area contributed by atoms with Crippen molar-refractivity contribution in [2.45, 2.75) is 58.5 Å². The highest BCUT2D eigenvalue weighted by molar-refractivity contribution is 14.0. The molecule has 6 heteroatoms. The Labute approximate surface area is 182 Å². The third-order valence-corrected chi connectivity index (χ3v) is 4.25. The first-order valence-electron chi connectivity index (χ1n) is 9.68. The van der Waals surface area contributed by atoms with Gasteiger partial charge in [0, 0.05) is 26.8 Å². The fourth-order valence-corrected chi connectivity index (χ4v) is 2.59. The van der Waals surface area contributed by atoms with Crippen molar-refractivity contribution in [3.8, 4) is 0 Å². The number of nitrogens with one attached hydrogen (secondary N) is 2. The summed E-state index contributed by atoms with van der Waals surface area (Å²) in [6.45, 7) is 11.4. The van der Waals surface area contributed by atoms with Crippen molar-refractivity contribution in [3.05, 3.63) is 35.4 Å². The number of ether oxygens (including phenoxy) is 1. The third-order valence-electron chi connectivity index (χ3n) is 4.25. The molecule has 0 saturated carbocycles. The molecule has 0 fully saturated rings. The molecule has 0 spiro atoms. The van der Waals surface area contributed by atoms with E-state index in [-0.39, 0.29) is 29.4 Å². The maximum Gasteiger partial charge on any atom is 0.191 e. The Balaban J connectivity index is 0.00000676. The molecule has 1 rings (SSSR count). The number of unbranched alkanes of at least 4 members (excludes halogenated alkanes) is 2. The average Bonchev–Trinajstić information content (AvgIpc) is 2.61. The number of aliphatic imine (C=N–C) groups is 1. The minimum absolute atomic E-state index is 0. The Hall–Kier alpha value is -0.860. The summed E-state index contributed by atoms with van der Waals surface area (Å²) < 4.78 is 5.06. The molecule has 27 heavy (non-hydrogen) atoms. The Morgan fingerprint density at radius 1 is 1.11 bits per heavy atom. The van der Waals surface area contributed by atoms with Crippen LogP contribution in [0, 0.1) is 0 Å². The standard InChI is InChI=1S/C21H37N3O2.HI/c1-6-22-20(23-14-8-7-9-15-26-5)24-16-19(25)17-10-12-18(13-11-17)21(2,3)4;/h10-13,19,25H,6-9,14-16H2,1-5H3,(H2,22,23,24);1H. The first-order chi connectivity index (χ1) is 12.4. The molecule has 1 aromatic rings. The highest BCUT2D eigenvalue weighted by Gasteiger charge is 2.14. The molecule has 0 bridgehead atoms. The van der Waals surface area contributed by atoms with Crippen molar-refractivity contribution in [3.63, 3.8) is 0 Å². The fraction of sp³-hybridized carbons (Fsp3) is 0.667. The van der Waals surface area contributed by atoms with Gasteiger partial charge in [-0.2, -0.15) is 0 Å². The topological polar surface area (TPSA) is 65.9 Å². The molecule has 1 unspecified atom stereocenters. The molecule has 0 aromatic heterocycles. The molecular weight excluding hydrogens is 453 g/mol. The van der Waals surface area contributed by atoms with Crippen molar-refractivity contribution in [2.24, 2.45) is 4.99 Å². The SMILES string of the molecule is CCNC(=NCC(O)c1ccc(C(C)(C)C)cc1)NCCCCCOC.I. The van der Waals surface area contributed by atoms with E-state index in [0.717, 1.165) is 50.5 Å². The maximum atomic E-state index is 10.4. The van der Waals surface area contributed by atoms with Crippen LogP contribution in [0.3, 0.4) is 0 Å². The van der Waals surface area contributed by atoms with Crippen molar-refractivity contribution in [1.29, 1.82) is 0 Å². The minimum atomic E-state index is -0.596. The van der Waals surface area contributed by atoms with Crippen LogP contribution in [-0.2, 0) is 10.2 Å². The van der Waals surface area contributed by atoms with Crippen LogP contribution in [0.1, 0.15) is 64.2 Å². The van der Waals surface area contributed by atoms with Crippen molar-refractivity contribution in [2.75, 3.05) is 33.4 Å². The number of guanidine groups is 1. The van der Waals surface area contributed by atoms with Gasteiger partial charge in [0.05, 0.1) is 12.6 Å². The van der Waals surface area contributed by atoms with Crippen LogP contribution in [-0.4, -0.2) is 44.4 Å². The zero-order chi connectivity index (χ0) is 19.4. The minimum Gasteiger partial charge on any atom is -0.386 e. The molecular formula is C21H38IN3O2. The molecule has 0 aliphatic rings. The summed E-state index contributed by atoms with van der Waals surface area (Å²) >= 11 is 0. The number of nitrogens with zero attached hydrogens (tertiary/aromatic N) is 1. The predicted molar refractivity (Wildman–Crippen MR) is 125 cm³/mol. The lowest BCUT2D eigenvalue weighted by molar-refractivity contribution is 0.187. The average molecular weight is 491 g/mol. The molecule has 1 atom stereocenters. The monoisotopic (exact) mass is 491 g/mol. The lowest BCUT2D eigenvalue weighted by atomic mass is 9.86. The fourth-order valence-electron chi connectivity index (χ4n) is 2.59. The summed E-state index contributed by atoms with van der Waals surface area (Å²) in [5.41, 5.74) is 2.28. The van der Waals surface area contributed by atoms with Gasteiger partial charge in [0.25, 0.3) is 0 Å². The van der Waals surface area contributed by atoms with Gasteiger partial charge in [-0.15, -0.1) is 24.0 Å². The van der Waals surface area contributed by atoms with Crippen molar-refractivity contribution in [1.82, 2.24) is 10.6 Å². The zero-order valence-electron chi connectivity index (χ0n) is 17.5. The van der Waals surface area contributed by atoms with E-state index >= 15 is 0 Å². The van der Waals surface area contributed by atoms with Gasteiger partial charge in [0.2, 0.25) is 0 Å². The predicted octanol–water partition coefficient (Wildman–Crippen LogP) is 4.01. The quantitative estimate of drug-likeness (QED) is 0.200. The van der Waals surface area contributed by atoms with Gasteiger partial charge in [-0.1, -0.05) is 45.0 Å². The smallest absolute Gasteiger partial charge is 0.191 e. The van der Waals surface area contributed by atoms with Crippen LogP contribution in [0.2, 0.25) is 0 Å². The first kappa shape index (κ1) is 26.1. The molecule has 0 radical (unpaired) electrons. The largest absolute Gasteiger partial charge is 0.386 e. The van der Waals surface area contributed by atoms with Crippen LogP contribution in [0.25, 0.3) is 0 Å². The lowest BCUT2D eigenvalue weighted by Crippen LogP contribution is -2.38. The molecule has 0 heterocycles. The van der Waals surface area contributed by atoms with Gasteiger partial charge in [0.15, 0.2) is 5.96 Å². The van der Waals surface area contributed by atoms with Crippen LogP contribution >= 0.6 is 24.0 Å². The molecule has 3 N–H and O–H groups in total. The number of aliphatic hydroxyl groups excluding tert-OH is 1. The molecule has 1 aromatic carbocycles. The molecule has 156 valence electrons. The molecule has 0 aliphatic carbocycles. The highest BCUT2D eigenvalue weighted by atomic mass is 127. The van der Waals surface area contributed by atoms with Gasteiger partial charge >= 0.3 is 0 Å². The number of halogens is 1. The van der Waals surface area contributed by atoms with Gasteiger partial charge in [-0.25, -0.2) is 0 Å². The second kappa shape index (κ2) is 14.2. The summed E-state index contributed by atoms with van der Waals surface area (Å²) in [6.07, 6.45) is 2.68. The number of aliphatic hydroxyl groups is 1. The summed E-state index contributed by atoms with van der Waals surface area (Å²) in [5.74, 6) is 0.754. The van der Waals surface area contributed by atoms with Crippen LogP contribution in [0.4, 0.5) is 0 Å². The van der Waals surface area contributed by atoms with E-state index in [9.17, 15) is 5.11 Å². The Bertz CT molecular complexity index is 527. The van der Waals surface area contributed by atoms with E-state index in [1.165, 1.54) is 5.56 Å². The number of hydrogen-bond donors (Lipinski definition) is 3. The second-order valence-electron chi connectivity index (χ2n) is 7.59. The van der Waals surface area contributed by atoms with E-state index in [1.807, 2.05) is 19.1 Å². The lowest BCUT2D eigenvalue weighted by Gasteiger charge is -2.20. The molecule has 0 saturated heterocycles.